The molecule has 0 spiro atoms. The Morgan fingerprint density at radius 3 is 2.17 bits per heavy atom. The zero-order valence-corrected chi connectivity index (χ0v) is 26.0. The van der Waals surface area contributed by atoms with Crippen LogP contribution in [0.25, 0.3) is 0 Å². The lowest BCUT2D eigenvalue weighted by atomic mass is 10.2. The largest absolute Gasteiger partial charge is 0.495 e. The van der Waals surface area contributed by atoms with Crippen LogP contribution in [-0.4, -0.2) is 56.9 Å². The number of rotatable bonds is 14. The van der Waals surface area contributed by atoms with Crippen molar-refractivity contribution in [1.82, 2.24) is 9.73 Å². The van der Waals surface area contributed by atoms with Gasteiger partial charge in [-0.2, -0.15) is 9.41 Å². The van der Waals surface area contributed by atoms with Crippen LogP contribution in [0.5, 0.6) is 11.5 Å². The lowest BCUT2D eigenvalue weighted by molar-refractivity contribution is -0.121. The molecule has 0 aliphatic heterocycles. The molecular weight excluding hydrogens is 610 g/mol. The number of carbonyl (C=O) groups excluding carboxylic acids is 3. The minimum Gasteiger partial charge on any atom is -0.495 e. The maximum Gasteiger partial charge on any atom is 0.262 e. The summed E-state index contributed by atoms with van der Waals surface area (Å²) in [5, 5.41) is 9.28. The first-order valence-electron chi connectivity index (χ1n) is 14.0. The smallest absolute Gasteiger partial charge is 0.262 e. The molecule has 0 unspecified atom stereocenters. The van der Waals surface area contributed by atoms with E-state index in [-0.39, 0.29) is 29.9 Å². The van der Waals surface area contributed by atoms with Gasteiger partial charge in [-0.1, -0.05) is 42.5 Å². The normalized spacial score (nSPS) is 11.2. The fraction of sp³-hybridized carbons (Fsp3) is 0.152. The van der Waals surface area contributed by atoms with Crippen LogP contribution in [0, 0.1) is 0 Å². The number of anilines is 2. The quantitative estimate of drug-likeness (QED) is 0.139. The van der Waals surface area contributed by atoms with Gasteiger partial charge in [0, 0.05) is 19.2 Å². The van der Waals surface area contributed by atoms with Gasteiger partial charge in [0.2, 0.25) is 15.9 Å². The van der Waals surface area contributed by atoms with Crippen molar-refractivity contribution in [1.29, 1.82) is 0 Å². The molecule has 4 aromatic rings. The standard InChI is InChI=1S/C33H33N5O7S/c1-24(39)35-27-14-18-29(19-15-27)46(42,43)38(21-26-8-4-3-5-9-26)22-32(40)37-34-20-25-12-16-28(17-13-25)45-23-33(41)36-30-10-6-7-11-31(30)44-2/h3-20H,21-23H2,1-2H3,(H,35,39)(H,36,41)(H,37,40)/b34-20+. The number of sulfonamides is 1. The summed E-state index contributed by atoms with van der Waals surface area (Å²) in [6.45, 7) is 0.590. The second-order valence-electron chi connectivity index (χ2n) is 9.86. The van der Waals surface area contributed by atoms with Gasteiger partial charge in [-0.25, -0.2) is 13.8 Å². The molecule has 46 heavy (non-hydrogen) atoms. The van der Waals surface area contributed by atoms with Crippen LogP contribution in [0.15, 0.2) is 113 Å². The molecule has 3 N–H and O–H groups in total. The number of para-hydroxylation sites is 2. The van der Waals surface area contributed by atoms with Gasteiger partial charge in [0.1, 0.15) is 11.5 Å². The Balaban J connectivity index is 1.34. The lowest BCUT2D eigenvalue weighted by Crippen LogP contribution is -2.39. The summed E-state index contributed by atoms with van der Waals surface area (Å²) in [5.74, 6) is -0.308. The number of nitrogens with one attached hydrogen (secondary N) is 3. The molecular formula is C33H33N5O7S. The number of hydrazone groups is 1. The summed E-state index contributed by atoms with van der Waals surface area (Å²) in [6.07, 6.45) is 1.40. The molecule has 0 atom stereocenters. The monoisotopic (exact) mass is 643 g/mol. The summed E-state index contributed by atoms with van der Waals surface area (Å²) in [4.78, 5) is 36.4. The molecule has 3 amide bonds. The first-order valence-corrected chi connectivity index (χ1v) is 15.5. The molecule has 13 heteroatoms. The summed E-state index contributed by atoms with van der Waals surface area (Å²) in [5.41, 5.74) is 4.67. The van der Waals surface area contributed by atoms with Gasteiger partial charge < -0.3 is 20.1 Å². The molecule has 0 saturated heterocycles. The second-order valence-corrected chi connectivity index (χ2v) is 11.8. The SMILES string of the molecule is COc1ccccc1NC(=O)COc1ccc(/C=N/NC(=O)CN(Cc2ccccc2)S(=O)(=O)c2ccc(NC(C)=O)cc2)cc1. The fourth-order valence-electron chi connectivity index (χ4n) is 4.18. The van der Waals surface area contributed by atoms with E-state index in [2.05, 4.69) is 21.2 Å². The Morgan fingerprint density at radius 1 is 0.826 bits per heavy atom. The molecule has 0 aliphatic rings. The van der Waals surface area contributed by atoms with Crippen molar-refractivity contribution in [3.8, 4) is 11.5 Å². The number of methoxy groups -OCH3 is 1. The average molecular weight is 644 g/mol. The molecule has 0 saturated carbocycles. The minimum absolute atomic E-state index is 0.0339. The van der Waals surface area contributed by atoms with E-state index in [0.29, 0.717) is 34.0 Å². The van der Waals surface area contributed by atoms with Crippen molar-refractivity contribution in [2.45, 2.75) is 18.4 Å². The van der Waals surface area contributed by atoms with Crippen molar-refractivity contribution in [3.05, 3.63) is 114 Å². The third-order valence-corrected chi connectivity index (χ3v) is 8.17. The van der Waals surface area contributed by atoms with Crippen molar-refractivity contribution < 1.29 is 32.3 Å². The Bertz CT molecular complexity index is 1780. The van der Waals surface area contributed by atoms with Crippen molar-refractivity contribution >= 4 is 45.3 Å². The van der Waals surface area contributed by atoms with Crippen LogP contribution < -0.4 is 25.5 Å². The summed E-state index contributed by atoms with van der Waals surface area (Å²) >= 11 is 0. The number of hydrogen-bond acceptors (Lipinski definition) is 8. The van der Waals surface area contributed by atoms with Gasteiger partial charge in [0.05, 0.1) is 30.5 Å². The molecule has 4 rings (SSSR count). The van der Waals surface area contributed by atoms with Crippen molar-refractivity contribution in [2.24, 2.45) is 5.10 Å². The van der Waals surface area contributed by atoms with Gasteiger partial charge in [0.25, 0.3) is 11.8 Å². The highest BCUT2D eigenvalue weighted by Crippen LogP contribution is 2.23. The van der Waals surface area contributed by atoms with Crippen molar-refractivity contribution in [3.63, 3.8) is 0 Å². The predicted molar refractivity (Wildman–Crippen MR) is 174 cm³/mol. The van der Waals surface area contributed by atoms with E-state index in [4.69, 9.17) is 9.47 Å². The number of ether oxygens (including phenoxy) is 2. The number of nitrogens with zero attached hydrogens (tertiary/aromatic N) is 2. The number of benzene rings is 4. The maximum absolute atomic E-state index is 13.5. The first-order chi connectivity index (χ1) is 22.1. The van der Waals surface area contributed by atoms with Crippen LogP contribution >= 0.6 is 0 Å². The molecule has 0 aliphatic carbocycles. The van der Waals surface area contributed by atoms with E-state index in [9.17, 15) is 22.8 Å². The molecule has 0 radical (unpaired) electrons. The van der Waals surface area contributed by atoms with Gasteiger partial charge in [-0.05, 0) is 71.8 Å². The Labute approximate surface area is 267 Å². The third kappa shape index (κ3) is 9.74. The predicted octanol–water partition coefficient (Wildman–Crippen LogP) is 4.01. The number of amides is 3. The highest BCUT2D eigenvalue weighted by molar-refractivity contribution is 7.89. The molecule has 0 fully saturated rings. The summed E-state index contributed by atoms with van der Waals surface area (Å²) in [6, 6.07) is 28.3. The van der Waals surface area contributed by atoms with Gasteiger partial charge in [-0.15, -0.1) is 0 Å². The van der Waals surface area contributed by atoms with E-state index in [1.807, 2.05) is 6.07 Å². The van der Waals surface area contributed by atoms with E-state index in [1.165, 1.54) is 44.5 Å². The van der Waals surface area contributed by atoms with Gasteiger partial charge in [0.15, 0.2) is 6.61 Å². The van der Waals surface area contributed by atoms with Crippen molar-refractivity contribution in [2.75, 3.05) is 30.9 Å². The number of carbonyl (C=O) groups is 3. The molecule has 0 heterocycles. The van der Waals surface area contributed by atoms with Gasteiger partial charge in [-0.3, -0.25) is 14.4 Å². The summed E-state index contributed by atoms with van der Waals surface area (Å²) < 4.78 is 38.9. The Morgan fingerprint density at radius 2 is 1.50 bits per heavy atom. The molecule has 0 bridgehead atoms. The van der Waals surface area contributed by atoms with Crippen LogP contribution in [0.1, 0.15) is 18.1 Å². The lowest BCUT2D eigenvalue weighted by Gasteiger charge is -2.21. The molecule has 12 nitrogen and oxygen atoms in total. The topological polar surface area (TPSA) is 156 Å². The molecule has 0 aromatic heterocycles. The molecule has 4 aromatic carbocycles. The van der Waals surface area contributed by atoms with E-state index >= 15 is 0 Å². The Hall–Kier alpha value is -5.53. The average Bonchev–Trinajstić information content (AvgIpc) is 3.05. The zero-order valence-electron chi connectivity index (χ0n) is 25.2. The minimum atomic E-state index is -4.10. The van der Waals surface area contributed by atoms with E-state index < -0.39 is 22.5 Å². The van der Waals surface area contributed by atoms with Crippen LogP contribution in [0.4, 0.5) is 11.4 Å². The Kier molecular flexibility index (Phi) is 11.6. The second kappa shape index (κ2) is 16.0. The first kappa shape index (κ1) is 33.4. The zero-order chi connectivity index (χ0) is 32.9. The third-order valence-electron chi connectivity index (χ3n) is 6.37. The molecule has 238 valence electrons. The maximum atomic E-state index is 13.5. The van der Waals surface area contributed by atoms with Crippen LogP contribution in [-0.2, 0) is 31.0 Å². The van der Waals surface area contributed by atoms with E-state index in [0.717, 1.165) is 4.31 Å². The van der Waals surface area contributed by atoms with Gasteiger partial charge >= 0.3 is 0 Å². The highest BCUT2D eigenvalue weighted by Gasteiger charge is 2.27. The van der Waals surface area contributed by atoms with Crippen LogP contribution in [0.3, 0.4) is 0 Å². The fourth-order valence-corrected chi connectivity index (χ4v) is 5.57. The summed E-state index contributed by atoms with van der Waals surface area (Å²) in [7, 11) is -2.58. The van der Waals surface area contributed by atoms with Crippen LogP contribution in [0.2, 0.25) is 0 Å². The van der Waals surface area contributed by atoms with E-state index in [1.54, 1.807) is 72.8 Å². The number of hydrogen-bond donors (Lipinski definition) is 3. The highest BCUT2D eigenvalue weighted by atomic mass is 32.2.